The molecule has 1 atom stereocenters. The summed E-state index contributed by atoms with van der Waals surface area (Å²) in [6, 6.07) is 10.4. The maximum atomic E-state index is 14.7. The summed E-state index contributed by atoms with van der Waals surface area (Å²) in [7, 11) is 0. The first-order valence-electron chi connectivity index (χ1n) is 11.5. The Morgan fingerprint density at radius 1 is 0.879 bits per heavy atom. The van der Waals surface area contributed by atoms with Crippen LogP contribution in [0.2, 0.25) is 0 Å². The predicted molar refractivity (Wildman–Crippen MR) is 120 cm³/mol. The fourth-order valence-electron chi connectivity index (χ4n) is 4.53. The van der Waals surface area contributed by atoms with E-state index in [-0.39, 0.29) is 11.1 Å². The average molecular weight is 467 g/mol. The van der Waals surface area contributed by atoms with Crippen LogP contribution in [-0.4, -0.2) is 0 Å². The van der Waals surface area contributed by atoms with E-state index in [1.807, 2.05) is 6.92 Å². The molecule has 1 nitrogen and oxygen atoms in total. The van der Waals surface area contributed by atoms with Gasteiger partial charge in [-0.15, -0.1) is 0 Å². The third-order valence-electron chi connectivity index (χ3n) is 6.57. The van der Waals surface area contributed by atoms with Crippen LogP contribution in [0.15, 0.2) is 60.7 Å². The van der Waals surface area contributed by atoms with Crippen molar-refractivity contribution in [3.8, 4) is 0 Å². The van der Waals surface area contributed by atoms with Gasteiger partial charge >= 0.3 is 12.3 Å². The molecule has 0 spiro atoms. The summed E-state index contributed by atoms with van der Waals surface area (Å²) in [5.41, 5.74) is 0.236. The van der Waals surface area contributed by atoms with E-state index in [0.717, 1.165) is 55.7 Å². The zero-order chi connectivity index (χ0) is 24.1. The van der Waals surface area contributed by atoms with E-state index in [1.165, 1.54) is 37.6 Å². The molecule has 2 aromatic rings. The van der Waals surface area contributed by atoms with Crippen LogP contribution in [0.25, 0.3) is 0 Å². The normalized spacial score (nSPS) is 20.8. The smallest absolute Gasteiger partial charge is 0.309 e. The van der Waals surface area contributed by atoms with Crippen molar-refractivity contribution in [3.63, 3.8) is 0 Å². The summed E-state index contributed by atoms with van der Waals surface area (Å²) in [6.07, 6.45) is 1.96. The Labute approximate surface area is 192 Å². The van der Waals surface area contributed by atoms with Crippen molar-refractivity contribution in [1.82, 2.24) is 0 Å². The van der Waals surface area contributed by atoms with Gasteiger partial charge in [-0.05, 0) is 87.5 Å². The molecule has 0 heterocycles. The second-order valence-electron chi connectivity index (χ2n) is 8.88. The molecule has 1 unspecified atom stereocenters. The highest BCUT2D eigenvalue weighted by atomic mass is 19.4. The van der Waals surface area contributed by atoms with Gasteiger partial charge in [0.1, 0.15) is 0 Å². The number of hydrogen-bond acceptors (Lipinski definition) is 1. The van der Waals surface area contributed by atoms with Gasteiger partial charge in [0.2, 0.25) is 0 Å². The summed E-state index contributed by atoms with van der Waals surface area (Å²) < 4.78 is 72.5. The summed E-state index contributed by atoms with van der Waals surface area (Å²) in [4.78, 5) is 0. The van der Waals surface area contributed by atoms with Crippen LogP contribution in [-0.2, 0) is 17.0 Å². The highest BCUT2D eigenvalue weighted by molar-refractivity contribution is 5.29. The molecule has 0 aliphatic heterocycles. The first-order chi connectivity index (χ1) is 15.6. The Morgan fingerprint density at radius 2 is 1.45 bits per heavy atom. The lowest BCUT2D eigenvalue weighted by Crippen LogP contribution is -2.21. The highest BCUT2D eigenvalue weighted by Crippen LogP contribution is 2.40. The van der Waals surface area contributed by atoms with Gasteiger partial charge in [0.15, 0.2) is 0 Å². The van der Waals surface area contributed by atoms with Gasteiger partial charge in [-0.1, -0.05) is 48.6 Å². The molecule has 0 N–H and O–H groups in total. The van der Waals surface area contributed by atoms with Crippen molar-refractivity contribution in [2.75, 3.05) is 0 Å². The Kier molecular flexibility index (Phi) is 8.33. The molecule has 0 radical (unpaired) electrons. The first kappa shape index (κ1) is 25.4. The zero-order valence-corrected chi connectivity index (χ0v) is 19.0. The van der Waals surface area contributed by atoms with Crippen molar-refractivity contribution in [3.05, 3.63) is 82.9 Å². The van der Waals surface area contributed by atoms with Gasteiger partial charge in [-0.3, -0.25) is 0 Å². The number of allylic oxidation sites excluding steroid dienone is 2. The topological polar surface area (TPSA) is 9.23 Å². The van der Waals surface area contributed by atoms with E-state index in [0.29, 0.717) is 5.92 Å². The van der Waals surface area contributed by atoms with Gasteiger partial charge in [0.05, 0.1) is 17.2 Å². The quantitative estimate of drug-likeness (QED) is 0.278. The van der Waals surface area contributed by atoms with E-state index in [4.69, 9.17) is 4.74 Å². The maximum absolute atomic E-state index is 14.7. The van der Waals surface area contributed by atoms with Gasteiger partial charge in [-0.25, -0.2) is 0 Å². The van der Waals surface area contributed by atoms with Gasteiger partial charge in [-0.2, -0.15) is 22.0 Å². The van der Waals surface area contributed by atoms with Crippen molar-refractivity contribution in [2.24, 2.45) is 5.92 Å². The molecule has 1 aliphatic rings. The molecule has 33 heavy (non-hydrogen) atoms. The lowest BCUT2D eigenvalue weighted by atomic mass is 9.77. The van der Waals surface area contributed by atoms with E-state index in [9.17, 15) is 22.0 Å². The molecular formula is C27H31F5O. The number of ether oxygens (including phenoxy) is 1. The Morgan fingerprint density at radius 3 is 2.00 bits per heavy atom. The van der Waals surface area contributed by atoms with Crippen LogP contribution in [0.4, 0.5) is 22.0 Å². The van der Waals surface area contributed by atoms with Gasteiger partial charge in [0, 0.05) is 0 Å². The minimum atomic E-state index is -4.47. The molecule has 0 bridgehead atoms. The highest BCUT2D eigenvalue weighted by Gasteiger charge is 2.36. The Bertz CT molecular complexity index is 892. The molecule has 0 amide bonds. The second-order valence-corrected chi connectivity index (χ2v) is 8.88. The van der Waals surface area contributed by atoms with E-state index in [2.05, 4.69) is 12.2 Å². The van der Waals surface area contributed by atoms with Crippen LogP contribution in [0.1, 0.15) is 86.6 Å². The average Bonchev–Trinajstić information content (AvgIpc) is 2.79. The molecule has 1 aliphatic carbocycles. The largest absolute Gasteiger partial charge is 0.416 e. The fourth-order valence-corrected chi connectivity index (χ4v) is 4.53. The number of benzene rings is 2. The van der Waals surface area contributed by atoms with Crippen LogP contribution < -0.4 is 0 Å². The van der Waals surface area contributed by atoms with E-state index in [1.54, 1.807) is 12.1 Å². The maximum Gasteiger partial charge on any atom is 0.416 e. The van der Waals surface area contributed by atoms with Crippen molar-refractivity contribution in [1.29, 1.82) is 0 Å². The summed E-state index contributed by atoms with van der Waals surface area (Å²) in [5, 5.41) is 0. The van der Waals surface area contributed by atoms with E-state index >= 15 is 0 Å². The van der Waals surface area contributed by atoms with E-state index < -0.39 is 24.0 Å². The van der Waals surface area contributed by atoms with Gasteiger partial charge < -0.3 is 4.74 Å². The zero-order valence-electron chi connectivity index (χ0n) is 19.0. The molecule has 6 heteroatoms. The lowest BCUT2D eigenvalue weighted by molar-refractivity contribution is -0.272. The van der Waals surface area contributed by atoms with Crippen LogP contribution in [0.5, 0.6) is 0 Å². The molecular weight excluding hydrogens is 435 g/mol. The van der Waals surface area contributed by atoms with Crippen molar-refractivity contribution >= 4 is 0 Å². The lowest BCUT2D eigenvalue weighted by Gasteiger charge is -2.29. The molecule has 0 aromatic heterocycles. The molecule has 2 aromatic carbocycles. The predicted octanol–water partition coefficient (Wildman–Crippen LogP) is 9.16. The van der Waals surface area contributed by atoms with Crippen molar-refractivity contribution < 1.29 is 26.7 Å². The minimum Gasteiger partial charge on any atom is -0.309 e. The SMILES string of the molecule is C/C=C/CCC1CCC(c2ccc(C(F)(F)OC(C)c3ccc(C(F)(F)F)cc3)cc2)CC1. The minimum absolute atomic E-state index is 0.255. The van der Waals surface area contributed by atoms with Crippen molar-refractivity contribution in [2.45, 2.75) is 76.7 Å². The van der Waals surface area contributed by atoms with Crippen LogP contribution in [0.3, 0.4) is 0 Å². The van der Waals surface area contributed by atoms with Crippen LogP contribution >= 0.6 is 0 Å². The second kappa shape index (κ2) is 10.8. The monoisotopic (exact) mass is 466 g/mol. The molecule has 1 saturated carbocycles. The summed E-state index contributed by atoms with van der Waals surface area (Å²) in [5.74, 6) is 1.12. The third-order valence-corrected chi connectivity index (χ3v) is 6.57. The molecule has 0 saturated heterocycles. The summed E-state index contributed by atoms with van der Waals surface area (Å²) in [6.45, 7) is 3.43. The number of alkyl halides is 5. The Balaban J connectivity index is 1.58. The first-order valence-corrected chi connectivity index (χ1v) is 11.5. The Hall–Kier alpha value is -2.21. The standard InChI is InChI=1S/C27H31F5O/c1-3-4-5-6-20-7-9-22(10-8-20)23-13-17-25(18-14-23)27(31,32)33-19(2)21-11-15-24(16-12-21)26(28,29)30/h3-4,11-20,22H,5-10H2,1-2H3/b4-3+. The third kappa shape index (κ3) is 6.89. The van der Waals surface area contributed by atoms with Gasteiger partial charge in [0.25, 0.3) is 0 Å². The van der Waals surface area contributed by atoms with Crippen LogP contribution in [0, 0.1) is 5.92 Å². The number of hydrogen-bond donors (Lipinski definition) is 0. The number of rotatable bonds is 8. The molecule has 3 rings (SSSR count). The summed E-state index contributed by atoms with van der Waals surface area (Å²) >= 11 is 0. The fraction of sp³-hybridized carbons (Fsp3) is 0.481. The molecule has 180 valence electrons. The number of halogens is 5. The molecule has 1 fully saturated rings.